The zero-order chi connectivity index (χ0) is 18.5. The second kappa shape index (κ2) is 7.60. The number of aryl methyl sites for hydroxylation is 2. The van der Waals surface area contributed by atoms with E-state index in [1.54, 1.807) is 24.3 Å². The Kier molecular flexibility index (Phi) is 5.07. The van der Waals surface area contributed by atoms with E-state index >= 15 is 0 Å². The van der Waals surface area contributed by atoms with Gasteiger partial charge in [-0.25, -0.2) is 4.79 Å². The molecule has 2 N–H and O–H groups in total. The molecular weight excluding hydrogens is 330 g/mol. The van der Waals surface area contributed by atoms with Crippen LogP contribution in [0.15, 0.2) is 48.7 Å². The normalized spacial score (nSPS) is 10.3. The fourth-order valence-electron chi connectivity index (χ4n) is 2.32. The largest absolute Gasteiger partial charge is 0.465 e. The lowest BCUT2D eigenvalue weighted by Gasteiger charge is -2.09. The van der Waals surface area contributed by atoms with Gasteiger partial charge in [0.1, 0.15) is 0 Å². The lowest BCUT2D eigenvalue weighted by atomic mass is 10.1. The lowest BCUT2D eigenvalue weighted by molar-refractivity contribution is 0.0601. The molecule has 0 amide bonds. The summed E-state index contributed by atoms with van der Waals surface area (Å²) in [5, 5.41) is 14.2. The molecule has 1 aromatic heterocycles. The quantitative estimate of drug-likeness (QED) is 0.678. The molecule has 0 bridgehead atoms. The van der Waals surface area contributed by atoms with Crippen LogP contribution in [-0.2, 0) is 4.74 Å². The summed E-state index contributed by atoms with van der Waals surface area (Å²) in [5.74, 6) is 0.557. The molecular formula is C19H19N5O2. The molecule has 0 fully saturated rings. The minimum absolute atomic E-state index is 0.375. The summed E-state index contributed by atoms with van der Waals surface area (Å²) < 4.78 is 4.68. The molecule has 0 aliphatic carbocycles. The monoisotopic (exact) mass is 349 g/mol. The Labute approximate surface area is 151 Å². The number of hydrogen-bond donors (Lipinski definition) is 2. The maximum atomic E-state index is 11.5. The molecule has 1 heterocycles. The molecule has 0 saturated carbocycles. The van der Waals surface area contributed by atoms with Crippen molar-refractivity contribution >= 4 is 29.1 Å². The van der Waals surface area contributed by atoms with Crippen LogP contribution in [0.4, 0.5) is 23.1 Å². The van der Waals surface area contributed by atoms with Crippen LogP contribution in [-0.4, -0.2) is 28.3 Å². The Bertz CT molecular complexity index is 925. The molecule has 26 heavy (non-hydrogen) atoms. The highest BCUT2D eigenvalue weighted by molar-refractivity contribution is 5.89. The zero-order valence-electron chi connectivity index (χ0n) is 14.8. The number of ether oxygens (including phenoxy) is 1. The van der Waals surface area contributed by atoms with E-state index in [2.05, 4.69) is 44.4 Å². The number of carbonyl (C=O) groups is 1. The summed E-state index contributed by atoms with van der Waals surface area (Å²) in [5.41, 5.74) is 4.56. The van der Waals surface area contributed by atoms with Gasteiger partial charge in [-0.3, -0.25) is 0 Å². The Balaban J connectivity index is 1.72. The van der Waals surface area contributed by atoms with Crippen molar-refractivity contribution in [2.45, 2.75) is 13.8 Å². The first-order valence-corrected chi connectivity index (χ1v) is 8.04. The van der Waals surface area contributed by atoms with E-state index in [1.807, 2.05) is 18.2 Å². The molecule has 0 aliphatic heterocycles. The molecule has 132 valence electrons. The van der Waals surface area contributed by atoms with E-state index in [4.69, 9.17) is 0 Å². The van der Waals surface area contributed by atoms with Crippen LogP contribution < -0.4 is 10.6 Å². The van der Waals surface area contributed by atoms with Crippen molar-refractivity contribution in [3.05, 3.63) is 65.4 Å². The highest BCUT2D eigenvalue weighted by Gasteiger charge is 2.06. The first-order valence-electron chi connectivity index (χ1n) is 8.04. The van der Waals surface area contributed by atoms with Crippen molar-refractivity contribution in [2.24, 2.45) is 0 Å². The highest BCUT2D eigenvalue weighted by Crippen LogP contribution is 2.19. The second-order valence-electron chi connectivity index (χ2n) is 5.78. The standard InChI is InChI=1S/C19H19N5O2/c1-12-4-7-16(10-13(12)2)22-19-23-17(11-20-24-19)21-15-8-5-14(6-9-15)18(25)26-3/h4-11H,1-3H3,(H2,21,22,23,24). The average Bonchev–Trinajstić information content (AvgIpc) is 2.65. The Hall–Kier alpha value is -3.48. The third-order valence-corrected chi connectivity index (χ3v) is 3.90. The molecule has 7 heteroatoms. The molecule has 0 aliphatic rings. The maximum Gasteiger partial charge on any atom is 0.337 e. The number of hydrogen-bond acceptors (Lipinski definition) is 7. The summed E-state index contributed by atoms with van der Waals surface area (Å²) in [6.45, 7) is 4.11. The molecule has 0 saturated heterocycles. The van der Waals surface area contributed by atoms with Gasteiger partial charge >= 0.3 is 5.97 Å². The first kappa shape index (κ1) is 17.3. The van der Waals surface area contributed by atoms with Crippen LogP contribution in [0.5, 0.6) is 0 Å². The molecule has 0 spiro atoms. The molecule has 0 atom stereocenters. The van der Waals surface area contributed by atoms with Gasteiger partial charge in [-0.15, -0.1) is 5.10 Å². The lowest BCUT2D eigenvalue weighted by Crippen LogP contribution is -2.03. The Morgan fingerprint density at radius 2 is 1.69 bits per heavy atom. The fraction of sp³-hybridized carbons (Fsp3) is 0.158. The number of nitrogens with one attached hydrogen (secondary N) is 2. The second-order valence-corrected chi connectivity index (χ2v) is 5.78. The van der Waals surface area contributed by atoms with E-state index in [0.29, 0.717) is 17.3 Å². The molecule has 0 unspecified atom stereocenters. The van der Waals surface area contributed by atoms with Crippen LogP contribution >= 0.6 is 0 Å². The number of carbonyl (C=O) groups excluding carboxylic acids is 1. The molecule has 3 aromatic rings. The smallest absolute Gasteiger partial charge is 0.337 e. The minimum Gasteiger partial charge on any atom is -0.465 e. The van der Waals surface area contributed by atoms with Gasteiger partial charge in [0.05, 0.1) is 18.9 Å². The van der Waals surface area contributed by atoms with Crippen LogP contribution in [0.3, 0.4) is 0 Å². The third-order valence-electron chi connectivity index (χ3n) is 3.90. The van der Waals surface area contributed by atoms with E-state index in [1.165, 1.54) is 24.4 Å². The van der Waals surface area contributed by atoms with E-state index in [-0.39, 0.29) is 5.97 Å². The minimum atomic E-state index is -0.375. The van der Waals surface area contributed by atoms with Gasteiger partial charge in [0, 0.05) is 11.4 Å². The number of esters is 1. The van der Waals surface area contributed by atoms with Crippen molar-refractivity contribution in [1.82, 2.24) is 15.2 Å². The number of nitrogens with zero attached hydrogens (tertiary/aromatic N) is 3. The van der Waals surface area contributed by atoms with Gasteiger partial charge in [-0.05, 0) is 61.4 Å². The van der Waals surface area contributed by atoms with Crippen LogP contribution in [0.2, 0.25) is 0 Å². The van der Waals surface area contributed by atoms with Crippen molar-refractivity contribution < 1.29 is 9.53 Å². The number of aromatic nitrogens is 3. The predicted molar refractivity (Wildman–Crippen MR) is 100 cm³/mol. The van der Waals surface area contributed by atoms with Gasteiger partial charge < -0.3 is 15.4 Å². The topological polar surface area (TPSA) is 89.0 Å². The summed E-state index contributed by atoms with van der Waals surface area (Å²) in [6.07, 6.45) is 1.53. The van der Waals surface area contributed by atoms with E-state index in [9.17, 15) is 4.79 Å². The first-order chi connectivity index (χ1) is 12.5. The summed E-state index contributed by atoms with van der Waals surface area (Å²) >= 11 is 0. The fourth-order valence-corrected chi connectivity index (χ4v) is 2.32. The van der Waals surface area contributed by atoms with Gasteiger partial charge in [0.25, 0.3) is 0 Å². The molecule has 0 radical (unpaired) electrons. The number of rotatable bonds is 5. The molecule has 7 nitrogen and oxygen atoms in total. The van der Waals surface area contributed by atoms with E-state index in [0.717, 1.165) is 11.4 Å². The number of anilines is 4. The maximum absolute atomic E-state index is 11.5. The third kappa shape index (κ3) is 4.13. The van der Waals surface area contributed by atoms with Crippen LogP contribution in [0, 0.1) is 13.8 Å². The Morgan fingerprint density at radius 1 is 0.962 bits per heavy atom. The van der Waals surface area contributed by atoms with Crippen LogP contribution in [0.25, 0.3) is 0 Å². The van der Waals surface area contributed by atoms with E-state index < -0.39 is 0 Å². The van der Waals surface area contributed by atoms with Crippen molar-refractivity contribution in [1.29, 1.82) is 0 Å². The van der Waals surface area contributed by atoms with Crippen LogP contribution in [0.1, 0.15) is 21.5 Å². The summed E-state index contributed by atoms with van der Waals surface area (Å²) in [4.78, 5) is 15.9. The summed E-state index contributed by atoms with van der Waals surface area (Å²) in [6, 6.07) is 12.9. The highest BCUT2D eigenvalue weighted by atomic mass is 16.5. The van der Waals surface area contributed by atoms with Crippen molar-refractivity contribution in [2.75, 3.05) is 17.7 Å². The van der Waals surface area contributed by atoms with Crippen molar-refractivity contribution in [3.8, 4) is 0 Å². The zero-order valence-corrected chi connectivity index (χ0v) is 14.8. The number of benzene rings is 2. The summed E-state index contributed by atoms with van der Waals surface area (Å²) in [7, 11) is 1.35. The van der Waals surface area contributed by atoms with Gasteiger partial charge in [-0.1, -0.05) is 6.07 Å². The van der Waals surface area contributed by atoms with Gasteiger partial charge in [0.2, 0.25) is 5.95 Å². The Morgan fingerprint density at radius 3 is 2.38 bits per heavy atom. The molecule has 3 rings (SSSR count). The van der Waals surface area contributed by atoms with Gasteiger partial charge in [0.15, 0.2) is 5.82 Å². The predicted octanol–water partition coefficient (Wildman–Crippen LogP) is 3.76. The number of methoxy groups -OCH3 is 1. The average molecular weight is 349 g/mol. The van der Waals surface area contributed by atoms with Gasteiger partial charge in [-0.2, -0.15) is 10.1 Å². The molecule has 2 aromatic carbocycles. The SMILES string of the molecule is COC(=O)c1ccc(Nc2cnnc(Nc3ccc(C)c(C)c3)n2)cc1. The van der Waals surface area contributed by atoms with Crippen molar-refractivity contribution in [3.63, 3.8) is 0 Å².